The first-order valence-electron chi connectivity index (χ1n) is 8.39. The molecule has 27 heavy (non-hydrogen) atoms. The van der Waals surface area contributed by atoms with Crippen LogP contribution in [0.2, 0.25) is 0 Å². The Labute approximate surface area is 156 Å². The van der Waals surface area contributed by atoms with Gasteiger partial charge in [0.15, 0.2) is 5.69 Å². The summed E-state index contributed by atoms with van der Waals surface area (Å²) in [5.41, 5.74) is 1.65. The normalized spacial score (nSPS) is 10.3. The fourth-order valence-corrected chi connectivity index (χ4v) is 2.40. The zero-order valence-corrected chi connectivity index (χ0v) is 14.8. The van der Waals surface area contributed by atoms with Crippen LogP contribution in [0, 0.1) is 0 Å². The number of rotatable bonds is 7. The second-order valence-electron chi connectivity index (χ2n) is 5.71. The van der Waals surface area contributed by atoms with Gasteiger partial charge in [-0.2, -0.15) is 4.98 Å². The van der Waals surface area contributed by atoms with Crippen LogP contribution in [0.5, 0.6) is 5.75 Å². The van der Waals surface area contributed by atoms with E-state index >= 15 is 0 Å². The van der Waals surface area contributed by atoms with Crippen molar-refractivity contribution in [3.63, 3.8) is 0 Å². The summed E-state index contributed by atoms with van der Waals surface area (Å²) in [6, 6.07) is 16.3. The lowest BCUT2D eigenvalue weighted by Crippen LogP contribution is -2.26. The minimum absolute atomic E-state index is 0.0239. The molecule has 0 unspecified atom stereocenters. The minimum atomic E-state index is -0.368. The molecule has 0 aliphatic rings. The molecule has 0 spiro atoms. The number of carbonyl (C=O) groups excluding carboxylic acids is 2. The predicted molar refractivity (Wildman–Crippen MR) is 99.9 cm³/mol. The van der Waals surface area contributed by atoms with E-state index in [1.165, 1.54) is 6.26 Å². The molecule has 7 nitrogen and oxygen atoms in total. The van der Waals surface area contributed by atoms with Crippen molar-refractivity contribution >= 4 is 17.8 Å². The second-order valence-corrected chi connectivity index (χ2v) is 5.71. The van der Waals surface area contributed by atoms with Crippen molar-refractivity contribution in [2.45, 2.75) is 6.42 Å². The Hall–Kier alpha value is -3.61. The molecule has 2 amide bonds. The first kappa shape index (κ1) is 18.2. The Kier molecular flexibility index (Phi) is 5.84. The summed E-state index contributed by atoms with van der Waals surface area (Å²) in [5.74, 6) is 0.0619. The summed E-state index contributed by atoms with van der Waals surface area (Å²) in [4.78, 5) is 28.2. The topological polar surface area (TPSA) is 93.5 Å². The maximum absolute atomic E-state index is 12.1. The van der Waals surface area contributed by atoms with Gasteiger partial charge in [-0.05, 0) is 36.2 Å². The minimum Gasteiger partial charge on any atom is -0.497 e. The van der Waals surface area contributed by atoms with Gasteiger partial charge < -0.3 is 14.5 Å². The van der Waals surface area contributed by atoms with Crippen molar-refractivity contribution in [2.24, 2.45) is 0 Å². The van der Waals surface area contributed by atoms with Crippen LogP contribution in [0.25, 0.3) is 0 Å². The van der Waals surface area contributed by atoms with Crippen molar-refractivity contribution < 1.29 is 18.7 Å². The number of hydrogen-bond donors (Lipinski definition) is 2. The molecule has 0 fully saturated rings. The molecule has 1 heterocycles. The quantitative estimate of drug-likeness (QED) is 0.671. The van der Waals surface area contributed by atoms with E-state index < -0.39 is 0 Å². The van der Waals surface area contributed by atoms with E-state index in [-0.39, 0.29) is 23.5 Å². The third-order valence-electron chi connectivity index (χ3n) is 3.85. The van der Waals surface area contributed by atoms with Gasteiger partial charge >= 0.3 is 6.01 Å². The van der Waals surface area contributed by atoms with E-state index in [2.05, 4.69) is 15.6 Å². The molecule has 0 atom stereocenters. The molecule has 2 N–H and O–H groups in total. The number of anilines is 1. The number of aromatic nitrogens is 1. The number of hydrogen-bond acceptors (Lipinski definition) is 5. The van der Waals surface area contributed by atoms with E-state index in [0.29, 0.717) is 18.5 Å². The summed E-state index contributed by atoms with van der Waals surface area (Å²) < 4.78 is 10.3. The van der Waals surface area contributed by atoms with Gasteiger partial charge in [-0.15, -0.1) is 0 Å². The molecule has 138 valence electrons. The number of nitrogens with one attached hydrogen (secondary N) is 2. The highest BCUT2D eigenvalue weighted by molar-refractivity contribution is 6.03. The van der Waals surface area contributed by atoms with Crippen LogP contribution in [0.1, 0.15) is 26.4 Å². The average Bonchev–Trinajstić information content (AvgIpc) is 3.17. The maximum Gasteiger partial charge on any atom is 0.302 e. The Morgan fingerprint density at radius 3 is 2.48 bits per heavy atom. The van der Waals surface area contributed by atoms with Gasteiger partial charge in [0, 0.05) is 12.1 Å². The molecule has 3 rings (SSSR count). The molecule has 0 radical (unpaired) electrons. The third-order valence-corrected chi connectivity index (χ3v) is 3.85. The average molecular weight is 365 g/mol. The van der Waals surface area contributed by atoms with E-state index in [1.54, 1.807) is 31.4 Å². The SMILES string of the molecule is COc1ccc(CCNC(=O)c2coc(NC(=O)c3ccccc3)n2)cc1. The van der Waals surface area contributed by atoms with Crippen LogP contribution in [0.15, 0.2) is 65.3 Å². The van der Waals surface area contributed by atoms with Crippen LogP contribution in [0.4, 0.5) is 6.01 Å². The number of carbonyl (C=O) groups is 2. The van der Waals surface area contributed by atoms with Crippen LogP contribution < -0.4 is 15.4 Å². The summed E-state index contributed by atoms with van der Waals surface area (Å²) in [7, 11) is 1.61. The first-order valence-corrected chi connectivity index (χ1v) is 8.39. The van der Waals surface area contributed by atoms with Gasteiger partial charge in [-0.3, -0.25) is 14.9 Å². The summed E-state index contributed by atoms with van der Waals surface area (Å²) >= 11 is 0. The summed E-state index contributed by atoms with van der Waals surface area (Å²) in [5, 5.41) is 5.29. The highest BCUT2D eigenvalue weighted by atomic mass is 16.5. The van der Waals surface area contributed by atoms with E-state index in [4.69, 9.17) is 9.15 Å². The standard InChI is InChI=1S/C20H19N3O4/c1-26-16-9-7-14(8-10-16)11-12-21-19(25)17-13-27-20(22-17)23-18(24)15-5-3-2-4-6-15/h2-10,13H,11-12H2,1H3,(H,21,25)(H,22,23,24). The lowest BCUT2D eigenvalue weighted by Gasteiger charge is -2.04. The van der Waals surface area contributed by atoms with Gasteiger partial charge in [0.2, 0.25) is 0 Å². The molecule has 0 saturated carbocycles. The third kappa shape index (κ3) is 4.94. The molecule has 0 bridgehead atoms. The molecular weight excluding hydrogens is 346 g/mol. The fraction of sp³-hybridized carbons (Fsp3) is 0.150. The number of benzene rings is 2. The van der Waals surface area contributed by atoms with Crippen molar-refractivity contribution in [3.8, 4) is 5.75 Å². The Morgan fingerprint density at radius 2 is 1.78 bits per heavy atom. The van der Waals surface area contributed by atoms with Crippen molar-refractivity contribution in [1.29, 1.82) is 0 Å². The smallest absolute Gasteiger partial charge is 0.302 e. The molecule has 3 aromatic rings. The van der Waals surface area contributed by atoms with Crippen LogP contribution in [-0.4, -0.2) is 30.5 Å². The van der Waals surface area contributed by atoms with E-state index in [9.17, 15) is 9.59 Å². The second kappa shape index (κ2) is 8.66. The highest BCUT2D eigenvalue weighted by Gasteiger charge is 2.14. The highest BCUT2D eigenvalue weighted by Crippen LogP contribution is 2.12. The van der Waals surface area contributed by atoms with Crippen LogP contribution >= 0.6 is 0 Å². The fourth-order valence-electron chi connectivity index (χ4n) is 2.40. The number of methoxy groups -OCH3 is 1. The molecule has 0 aliphatic heterocycles. The van der Waals surface area contributed by atoms with Gasteiger partial charge in [-0.1, -0.05) is 30.3 Å². The number of nitrogens with zero attached hydrogens (tertiary/aromatic N) is 1. The lowest BCUT2D eigenvalue weighted by molar-refractivity contribution is 0.0948. The molecule has 0 saturated heterocycles. The van der Waals surface area contributed by atoms with Crippen molar-refractivity contribution in [1.82, 2.24) is 10.3 Å². The number of amides is 2. The van der Waals surface area contributed by atoms with Crippen molar-refractivity contribution in [2.75, 3.05) is 19.0 Å². The Bertz CT molecular complexity index is 904. The number of oxazole rings is 1. The molecule has 1 aromatic heterocycles. The summed E-state index contributed by atoms with van der Waals surface area (Å²) in [6.45, 7) is 0.448. The van der Waals surface area contributed by atoms with E-state index in [1.807, 2.05) is 30.3 Å². The van der Waals surface area contributed by atoms with Crippen LogP contribution in [0.3, 0.4) is 0 Å². The van der Waals surface area contributed by atoms with Crippen molar-refractivity contribution in [3.05, 3.63) is 77.7 Å². The van der Waals surface area contributed by atoms with Gasteiger partial charge in [-0.25, -0.2) is 0 Å². The monoisotopic (exact) mass is 365 g/mol. The molecule has 7 heteroatoms. The zero-order valence-electron chi connectivity index (χ0n) is 14.8. The van der Waals surface area contributed by atoms with Gasteiger partial charge in [0.25, 0.3) is 11.8 Å². The summed E-state index contributed by atoms with van der Waals surface area (Å²) in [6.07, 6.45) is 1.88. The maximum atomic E-state index is 12.1. The molecule has 2 aromatic carbocycles. The Balaban J connectivity index is 1.50. The Morgan fingerprint density at radius 1 is 1.04 bits per heavy atom. The van der Waals surface area contributed by atoms with Gasteiger partial charge in [0.1, 0.15) is 12.0 Å². The lowest BCUT2D eigenvalue weighted by atomic mass is 10.1. The predicted octanol–water partition coefficient (Wildman–Crippen LogP) is 2.91. The largest absolute Gasteiger partial charge is 0.497 e. The van der Waals surface area contributed by atoms with E-state index in [0.717, 1.165) is 11.3 Å². The van der Waals surface area contributed by atoms with Gasteiger partial charge in [0.05, 0.1) is 7.11 Å². The number of ether oxygens (including phenoxy) is 1. The van der Waals surface area contributed by atoms with Crippen LogP contribution in [-0.2, 0) is 6.42 Å². The first-order chi connectivity index (χ1) is 13.2. The molecule has 0 aliphatic carbocycles. The zero-order chi connectivity index (χ0) is 19.1. The molecular formula is C20H19N3O4.